The fraction of sp³-hybridized carbons (Fsp3) is 0.241. The van der Waals surface area contributed by atoms with Gasteiger partial charge >= 0.3 is 0 Å². The summed E-state index contributed by atoms with van der Waals surface area (Å²) in [5.74, 6) is -0.210. The number of benzene rings is 3. The predicted octanol–water partition coefficient (Wildman–Crippen LogP) is 2.71. The molecule has 3 aromatic carbocycles. The third kappa shape index (κ3) is 5.67. The number of para-hydroxylation sites is 1. The molecule has 0 spiro atoms. The number of amides is 3. The van der Waals surface area contributed by atoms with Crippen LogP contribution in [0.25, 0.3) is 0 Å². The maximum absolute atomic E-state index is 13.3. The molecule has 0 fully saturated rings. The molecule has 9 nitrogen and oxygen atoms in total. The van der Waals surface area contributed by atoms with E-state index >= 15 is 0 Å². The number of hydrogen-bond acceptors (Lipinski definition) is 6. The van der Waals surface area contributed by atoms with E-state index in [4.69, 9.17) is 9.47 Å². The molecular formula is C29H30N4O5. The van der Waals surface area contributed by atoms with Crippen LogP contribution in [0, 0.1) is 0 Å². The summed E-state index contributed by atoms with van der Waals surface area (Å²) in [5.41, 5.74) is 3.58. The van der Waals surface area contributed by atoms with Crippen molar-refractivity contribution in [3.63, 3.8) is 0 Å². The molecule has 0 bridgehead atoms. The molecule has 1 aliphatic rings. The van der Waals surface area contributed by atoms with E-state index in [1.807, 2.05) is 54.6 Å². The van der Waals surface area contributed by atoms with Crippen LogP contribution in [0.2, 0.25) is 0 Å². The summed E-state index contributed by atoms with van der Waals surface area (Å²) in [6.45, 7) is 1.56. The lowest BCUT2D eigenvalue weighted by molar-refractivity contribution is -0.130. The van der Waals surface area contributed by atoms with Crippen molar-refractivity contribution >= 4 is 29.1 Å². The topological polar surface area (TPSA) is 109 Å². The Morgan fingerprint density at radius 2 is 1.66 bits per heavy atom. The highest BCUT2D eigenvalue weighted by Crippen LogP contribution is 2.28. The Kier molecular flexibility index (Phi) is 8.06. The first kappa shape index (κ1) is 26.4. The average molecular weight is 515 g/mol. The van der Waals surface area contributed by atoms with Crippen LogP contribution in [0.15, 0.2) is 77.8 Å². The van der Waals surface area contributed by atoms with Gasteiger partial charge in [-0.05, 0) is 30.7 Å². The van der Waals surface area contributed by atoms with Gasteiger partial charge in [-0.3, -0.25) is 14.4 Å². The number of hydrogen-bond donors (Lipinski definition) is 2. The molecule has 2 atom stereocenters. The van der Waals surface area contributed by atoms with E-state index in [0.717, 1.165) is 11.1 Å². The monoisotopic (exact) mass is 514 g/mol. The molecule has 9 heteroatoms. The second-order valence-corrected chi connectivity index (χ2v) is 8.82. The second-order valence-electron chi connectivity index (χ2n) is 8.82. The highest BCUT2D eigenvalue weighted by atomic mass is 16.5. The van der Waals surface area contributed by atoms with Gasteiger partial charge in [0, 0.05) is 18.2 Å². The molecule has 3 aromatic rings. The number of benzodiazepines with no additional fused rings is 1. The van der Waals surface area contributed by atoms with Crippen molar-refractivity contribution in [1.82, 2.24) is 10.6 Å². The van der Waals surface area contributed by atoms with Gasteiger partial charge in [-0.1, -0.05) is 54.6 Å². The third-order valence-electron chi connectivity index (χ3n) is 6.25. The summed E-state index contributed by atoms with van der Waals surface area (Å²) in [4.78, 5) is 45.2. The first-order chi connectivity index (χ1) is 18.3. The molecule has 0 saturated heterocycles. The lowest BCUT2D eigenvalue weighted by atomic mass is 10.0. The lowest BCUT2D eigenvalue weighted by Gasteiger charge is -2.22. The zero-order chi connectivity index (χ0) is 27.2. The quantitative estimate of drug-likeness (QED) is 0.481. The summed E-state index contributed by atoms with van der Waals surface area (Å²) in [6.07, 6.45) is -1.13. The number of carbonyl (C=O) groups is 3. The zero-order valence-electron chi connectivity index (χ0n) is 21.7. The Labute approximate surface area is 221 Å². The molecule has 196 valence electrons. The van der Waals surface area contributed by atoms with Gasteiger partial charge in [0.15, 0.2) is 11.5 Å². The number of ether oxygens (including phenoxy) is 2. The van der Waals surface area contributed by atoms with Crippen molar-refractivity contribution < 1.29 is 23.9 Å². The van der Waals surface area contributed by atoms with Gasteiger partial charge in [-0.2, -0.15) is 0 Å². The van der Waals surface area contributed by atoms with Crippen LogP contribution in [-0.4, -0.2) is 56.9 Å². The second kappa shape index (κ2) is 11.6. The van der Waals surface area contributed by atoms with E-state index in [9.17, 15) is 14.4 Å². The number of anilines is 1. The van der Waals surface area contributed by atoms with Crippen LogP contribution < -0.4 is 25.0 Å². The molecule has 4 rings (SSSR count). The Morgan fingerprint density at radius 3 is 2.37 bits per heavy atom. The number of methoxy groups -OCH3 is 2. The van der Waals surface area contributed by atoms with E-state index in [0.29, 0.717) is 28.5 Å². The number of carbonyl (C=O) groups excluding carboxylic acids is 3. The van der Waals surface area contributed by atoms with E-state index in [1.54, 1.807) is 32.2 Å². The van der Waals surface area contributed by atoms with Crippen molar-refractivity contribution in [2.45, 2.75) is 25.6 Å². The maximum atomic E-state index is 13.3. The van der Waals surface area contributed by atoms with Gasteiger partial charge in [0.2, 0.25) is 18.0 Å². The van der Waals surface area contributed by atoms with Gasteiger partial charge in [0.1, 0.15) is 6.04 Å². The van der Waals surface area contributed by atoms with Crippen molar-refractivity contribution in [1.29, 1.82) is 0 Å². The van der Waals surface area contributed by atoms with Gasteiger partial charge in [0.05, 0.1) is 32.0 Å². The molecule has 3 amide bonds. The Bertz CT molecular complexity index is 1370. The van der Waals surface area contributed by atoms with E-state index in [-0.39, 0.29) is 18.2 Å². The number of aliphatic imine (C=N–C) groups is 1. The smallest absolute Gasteiger partial charge is 0.272 e. The van der Waals surface area contributed by atoms with E-state index in [2.05, 4.69) is 15.6 Å². The fourth-order valence-electron chi connectivity index (χ4n) is 4.24. The summed E-state index contributed by atoms with van der Waals surface area (Å²) in [5, 5.41) is 5.40. The Morgan fingerprint density at radius 1 is 0.974 bits per heavy atom. The number of nitrogens with zero attached hydrogens (tertiary/aromatic N) is 2. The van der Waals surface area contributed by atoms with Crippen LogP contribution in [-0.2, 0) is 20.8 Å². The van der Waals surface area contributed by atoms with Crippen molar-refractivity contribution in [2.24, 2.45) is 4.99 Å². The van der Waals surface area contributed by atoms with Crippen LogP contribution >= 0.6 is 0 Å². The molecule has 38 heavy (non-hydrogen) atoms. The average Bonchev–Trinajstić information content (AvgIpc) is 3.04. The van der Waals surface area contributed by atoms with Crippen molar-refractivity contribution in [3.8, 4) is 11.5 Å². The number of nitrogens with one attached hydrogen (secondary N) is 2. The summed E-state index contributed by atoms with van der Waals surface area (Å²) < 4.78 is 10.5. The van der Waals surface area contributed by atoms with Crippen LogP contribution in [0.4, 0.5) is 5.69 Å². The predicted molar refractivity (Wildman–Crippen MR) is 145 cm³/mol. The summed E-state index contributed by atoms with van der Waals surface area (Å²) >= 11 is 0. The minimum atomic E-state index is -1.17. The molecular weight excluding hydrogens is 484 g/mol. The standard InChI is InChI=1S/C29H30N4O5/c1-18(30-25(34)17-19-14-15-23(37-3)24(16-19)38-4)28(35)32-27-29(36)33(2)22-13-9-8-12-21(22)26(31-27)20-10-6-5-7-11-20/h5-16,18,27H,17H2,1-4H3,(H,30,34)(H,32,35)/t18-,27+/m0/s1. The maximum Gasteiger partial charge on any atom is 0.272 e. The Hall–Kier alpha value is -4.66. The van der Waals surface area contributed by atoms with Gasteiger partial charge in [0.25, 0.3) is 5.91 Å². The van der Waals surface area contributed by atoms with Gasteiger partial charge in [-0.25, -0.2) is 4.99 Å². The minimum Gasteiger partial charge on any atom is -0.493 e. The largest absolute Gasteiger partial charge is 0.493 e. The minimum absolute atomic E-state index is 0.0364. The number of fused-ring (bicyclic) bond motifs is 1. The van der Waals surface area contributed by atoms with Gasteiger partial charge < -0.3 is 25.0 Å². The molecule has 0 unspecified atom stereocenters. The molecule has 0 saturated carbocycles. The third-order valence-corrected chi connectivity index (χ3v) is 6.25. The highest BCUT2D eigenvalue weighted by molar-refractivity contribution is 6.20. The first-order valence-corrected chi connectivity index (χ1v) is 12.1. The van der Waals surface area contributed by atoms with Gasteiger partial charge in [-0.15, -0.1) is 0 Å². The van der Waals surface area contributed by atoms with Crippen molar-refractivity contribution in [2.75, 3.05) is 26.2 Å². The SMILES string of the molecule is COc1ccc(CC(=O)N[C@@H](C)C(=O)N[C@H]2N=C(c3ccccc3)c3ccccc3N(C)C2=O)cc1OC. The lowest BCUT2D eigenvalue weighted by Crippen LogP contribution is -2.52. The molecule has 0 aromatic heterocycles. The first-order valence-electron chi connectivity index (χ1n) is 12.1. The van der Waals surface area contributed by atoms with E-state index in [1.165, 1.54) is 19.1 Å². The summed E-state index contributed by atoms with van der Waals surface area (Å²) in [6, 6.07) is 21.2. The zero-order valence-corrected chi connectivity index (χ0v) is 21.7. The highest BCUT2D eigenvalue weighted by Gasteiger charge is 2.32. The van der Waals surface area contributed by atoms with Crippen LogP contribution in [0.1, 0.15) is 23.6 Å². The number of rotatable bonds is 8. The normalized spacial score (nSPS) is 15.5. The van der Waals surface area contributed by atoms with Crippen LogP contribution in [0.3, 0.4) is 0 Å². The molecule has 0 aliphatic carbocycles. The van der Waals surface area contributed by atoms with E-state index < -0.39 is 18.1 Å². The molecule has 2 N–H and O–H groups in total. The molecule has 0 radical (unpaired) electrons. The Balaban J connectivity index is 1.50. The fourth-order valence-corrected chi connectivity index (χ4v) is 4.24. The summed E-state index contributed by atoms with van der Waals surface area (Å²) in [7, 11) is 4.70. The molecule has 1 heterocycles. The molecule has 1 aliphatic heterocycles. The van der Waals surface area contributed by atoms with Crippen LogP contribution in [0.5, 0.6) is 11.5 Å². The number of likely N-dealkylation sites (N-methyl/N-ethyl adjacent to an activating group) is 1. The van der Waals surface area contributed by atoms with Crippen molar-refractivity contribution in [3.05, 3.63) is 89.5 Å².